The molecule has 0 bridgehead atoms. The second-order valence-corrected chi connectivity index (χ2v) is 3.99. The van der Waals surface area contributed by atoms with Crippen LogP contribution >= 0.6 is 0 Å². The summed E-state index contributed by atoms with van der Waals surface area (Å²) in [6, 6.07) is 0.960. The van der Waals surface area contributed by atoms with E-state index in [9.17, 15) is 13.2 Å². The molecule has 8 heteroatoms. The molecule has 2 rings (SSSR count). The van der Waals surface area contributed by atoms with Crippen LogP contribution in [0.2, 0.25) is 0 Å². The molecule has 104 valence electrons. The molecule has 2 aromatic rings. The van der Waals surface area contributed by atoms with Crippen molar-refractivity contribution >= 4 is 11.3 Å². The van der Waals surface area contributed by atoms with E-state index in [2.05, 4.69) is 15.4 Å². The first-order valence-electron chi connectivity index (χ1n) is 5.78. The van der Waals surface area contributed by atoms with Crippen LogP contribution in [-0.2, 0) is 6.18 Å². The van der Waals surface area contributed by atoms with E-state index < -0.39 is 11.9 Å². The van der Waals surface area contributed by atoms with Crippen LogP contribution in [0.15, 0.2) is 18.5 Å². The van der Waals surface area contributed by atoms with Crippen LogP contribution in [0.5, 0.6) is 0 Å². The third-order valence-corrected chi connectivity index (χ3v) is 2.56. The Balaban J connectivity index is 2.22. The highest BCUT2D eigenvalue weighted by atomic mass is 19.4. The van der Waals surface area contributed by atoms with Gasteiger partial charge in [0.1, 0.15) is 5.52 Å². The number of anilines is 1. The van der Waals surface area contributed by atoms with Gasteiger partial charge in [-0.2, -0.15) is 18.3 Å². The molecular weight excluding hydrogens is 261 g/mol. The predicted octanol–water partition coefficient (Wildman–Crippen LogP) is 1.93. The number of aliphatic hydroxyl groups is 1. The summed E-state index contributed by atoms with van der Waals surface area (Å²) >= 11 is 0. The van der Waals surface area contributed by atoms with Crippen molar-refractivity contribution in [2.24, 2.45) is 0 Å². The van der Waals surface area contributed by atoms with Crippen molar-refractivity contribution in [3.05, 3.63) is 24.2 Å². The summed E-state index contributed by atoms with van der Waals surface area (Å²) in [5.74, 6) is 0.350. The van der Waals surface area contributed by atoms with Crippen molar-refractivity contribution in [2.45, 2.75) is 19.0 Å². The van der Waals surface area contributed by atoms with E-state index >= 15 is 0 Å². The van der Waals surface area contributed by atoms with Crippen molar-refractivity contribution < 1.29 is 18.3 Å². The molecule has 0 amide bonds. The third-order valence-electron chi connectivity index (χ3n) is 2.56. The van der Waals surface area contributed by atoms with Gasteiger partial charge in [0.2, 0.25) is 0 Å². The Kier molecular flexibility index (Phi) is 3.89. The van der Waals surface area contributed by atoms with Gasteiger partial charge in [0, 0.05) is 31.6 Å². The molecule has 0 atom stereocenters. The first kappa shape index (κ1) is 13.6. The van der Waals surface area contributed by atoms with Gasteiger partial charge >= 0.3 is 6.18 Å². The number of halogens is 3. The second kappa shape index (κ2) is 5.43. The SMILES string of the molecule is OCCCCNc1nccn2nc(C(F)(F)F)cc12. The summed E-state index contributed by atoms with van der Waals surface area (Å²) in [6.45, 7) is 0.615. The van der Waals surface area contributed by atoms with Crippen LogP contribution in [0.1, 0.15) is 18.5 Å². The number of nitrogens with one attached hydrogen (secondary N) is 1. The van der Waals surface area contributed by atoms with E-state index in [4.69, 9.17) is 5.11 Å². The molecule has 0 aromatic carbocycles. The lowest BCUT2D eigenvalue weighted by atomic mass is 10.3. The van der Waals surface area contributed by atoms with E-state index in [0.29, 0.717) is 25.2 Å². The average Bonchev–Trinajstić information content (AvgIpc) is 2.79. The highest BCUT2D eigenvalue weighted by molar-refractivity contribution is 5.67. The molecule has 0 fully saturated rings. The Morgan fingerprint density at radius 3 is 2.79 bits per heavy atom. The summed E-state index contributed by atoms with van der Waals surface area (Å²) in [7, 11) is 0. The van der Waals surface area contributed by atoms with Crippen LogP contribution in [0.25, 0.3) is 5.52 Å². The molecule has 19 heavy (non-hydrogen) atoms. The molecule has 0 unspecified atom stereocenters. The fourth-order valence-corrected chi connectivity index (χ4v) is 1.64. The largest absolute Gasteiger partial charge is 0.435 e. The summed E-state index contributed by atoms with van der Waals surface area (Å²) in [5.41, 5.74) is -0.669. The molecule has 0 saturated carbocycles. The van der Waals surface area contributed by atoms with Crippen molar-refractivity contribution in [3.8, 4) is 0 Å². The molecule has 0 radical (unpaired) electrons. The zero-order chi connectivity index (χ0) is 13.9. The van der Waals surface area contributed by atoms with E-state index in [1.54, 1.807) is 0 Å². The summed E-state index contributed by atoms with van der Waals surface area (Å²) < 4.78 is 38.8. The lowest BCUT2D eigenvalue weighted by Gasteiger charge is -2.05. The number of fused-ring (bicyclic) bond motifs is 1. The summed E-state index contributed by atoms with van der Waals surface area (Å²) in [6.07, 6.45) is -0.388. The van der Waals surface area contributed by atoms with E-state index in [-0.39, 0.29) is 12.1 Å². The molecule has 0 spiro atoms. The number of hydrogen-bond acceptors (Lipinski definition) is 4. The van der Waals surface area contributed by atoms with Gasteiger partial charge in [0.05, 0.1) is 0 Å². The third kappa shape index (κ3) is 3.14. The zero-order valence-corrected chi connectivity index (χ0v) is 9.98. The van der Waals surface area contributed by atoms with Crippen LogP contribution in [0, 0.1) is 0 Å². The minimum absolute atomic E-state index is 0.0875. The summed E-state index contributed by atoms with van der Waals surface area (Å²) in [4.78, 5) is 4.00. The Hall–Kier alpha value is -1.83. The quantitative estimate of drug-likeness (QED) is 0.818. The van der Waals surface area contributed by atoms with E-state index in [1.807, 2.05) is 0 Å². The Labute approximate surface area is 107 Å². The van der Waals surface area contributed by atoms with Gasteiger partial charge in [-0.15, -0.1) is 0 Å². The molecule has 5 nitrogen and oxygen atoms in total. The number of aromatic nitrogens is 3. The Morgan fingerprint density at radius 2 is 2.11 bits per heavy atom. The molecule has 0 aliphatic rings. The van der Waals surface area contributed by atoms with Crippen LogP contribution < -0.4 is 5.32 Å². The number of unbranched alkanes of at least 4 members (excludes halogenated alkanes) is 1. The topological polar surface area (TPSA) is 62.5 Å². The van der Waals surface area contributed by atoms with Gasteiger partial charge in [-0.3, -0.25) is 0 Å². The fourth-order valence-electron chi connectivity index (χ4n) is 1.64. The van der Waals surface area contributed by atoms with Crippen molar-refractivity contribution in [1.29, 1.82) is 0 Å². The smallest absolute Gasteiger partial charge is 0.396 e. The van der Waals surface area contributed by atoms with Gasteiger partial charge < -0.3 is 10.4 Å². The maximum Gasteiger partial charge on any atom is 0.435 e. The molecule has 0 aliphatic heterocycles. The van der Waals surface area contributed by atoms with Crippen molar-refractivity contribution in [3.63, 3.8) is 0 Å². The van der Waals surface area contributed by atoms with Crippen LogP contribution in [-0.4, -0.2) is 32.9 Å². The van der Waals surface area contributed by atoms with Crippen molar-refractivity contribution in [2.75, 3.05) is 18.5 Å². The molecular formula is C11H13F3N4O. The lowest BCUT2D eigenvalue weighted by molar-refractivity contribution is -0.141. The fraction of sp³-hybridized carbons (Fsp3) is 0.455. The normalized spacial score (nSPS) is 12.0. The number of rotatable bonds is 5. The minimum atomic E-state index is -4.47. The highest BCUT2D eigenvalue weighted by Gasteiger charge is 2.34. The van der Waals surface area contributed by atoms with Gasteiger partial charge in [-0.05, 0) is 12.8 Å². The van der Waals surface area contributed by atoms with Crippen LogP contribution in [0.4, 0.5) is 19.0 Å². The maximum absolute atomic E-state index is 12.6. The lowest BCUT2D eigenvalue weighted by Crippen LogP contribution is -2.06. The molecule has 2 heterocycles. The minimum Gasteiger partial charge on any atom is -0.396 e. The second-order valence-electron chi connectivity index (χ2n) is 3.99. The highest BCUT2D eigenvalue weighted by Crippen LogP contribution is 2.29. The van der Waals surface area contributed by atoms with Gasteiger partial charge in [-0.25, -0.2) is 9.50 Å². The summed E-state index contributed by atoms with van der Waals surface area (Å²) in [5, 5.41) is 15.0. The van der Waals surface area contributed by atoms with Gasteiger partial charge in [0.15, 0.2) is 11.5 Å². The predicted molar refractivity (Wildman–Crippen MR) is 62.8 cm³/mol. The standard InChI is InChI=1S/C11H13F3N4O/c12-11(13,14)9-7-8-10(15-3-1-2-6-19)16-4-5-18(8)17-9/h4-5,7,19H,1-3,6H2,(H,15,16). The van der Waals surface area contributed by atoms with Crippen LogP contribution in [0.3, 0.4) is 0 Å². The zero-order valence-electron chi connectivity index (χ0n) is 9.98. The van der Waals surface area contributed by atoms with E-state index in [1.165, 1.54) is 12.4 Å². The first-order valence-corrected chi connectivity index (χ1v) is 5.78. The molecule has 0 saturated heterocycles. The molecule has 2 N–H and O–H groups in total. The first-order chi connectivity index (χ1) is 9.02. The Morgan fingerprint density at radius 1 is 1.32 bits per heavy atom. The number of nitrogens with zero attached hydrogens (tertiary/aromatic N) is 3. The van der Waals surface area contributed by atoms with Gasteiger partial charge in [0.25, 0.3) is 0 Å². The molecule has 2 aromatic heterocycles. The van der Waals surface area contributed by atoms with E-state index in [0.717, 1.165) is 10.6 Å². The van der Waals surface area contributed by atoms with Crippen molar-refractivity contribution in [1.82, 2.24) is 14.6 Å². The number of hydrogen-bond donors (Lipinski definition) is 2. The molecule has 0 aliphatic carbocycles. The maximum atomic E-state index is 12.6. The Bertz CT molecular complexity index is 552. The number of aliphatic hydroxyl groups excluding tert-OH is 1. The van der Waals surface area contributed by atoms with Gasteiger partial charge in [-0.1, -0.05) is 0 Å². The number of alkyl halides is 3. The monoisotopic (exact) mass is 274 g/mol. The average molecular weight is 274 g/mol.